The number of thioether (sulfide) groups is 1. The van der Waals surface area contributed by atoms with Crippen LogP contribution in [-0.2, 0) is 16.0 Å². The molecule has 1 aromatic carbocycles. The largest absolute Gasteiger partial charge is 0.480 e. The van der Waals surface area contributed by atoms with Gasteiger partial charge in [0.15, 0.2) is 0 Å². The van der Waals surface area contributed by atoms with Crippen LogP contribution in [0.15, 0.2) is 30.3 Å². The van der Waals surface area contributed by atoms with Gasteiger partial charge in [-0.25, -0.2) is 0 Å². The molecule has 1 aliphatic heterocycles. The first kappa shape index (κ1) is 14.9. The molecular formula is C15H19NO3S. The minimum atomic E-state index is -0.851. The van der Waals surface area contributed by atoms with E-state index in [0.29, 0.717) is 13.0 Å². The van der Waals surface area contributed by atoms with Gasteiger partial charge in [-0.05, 0) is 24.8 Å². The number of carbonyl (C=O) groups is 2. The van der Waals surface area contributed by atoms with Crippen LogP contribution < -0.4 is 5.32 Å². The van der Waals surface area contributed by atoms with Crippen LogP contribution in [0, 0.1) is 0 Å². The Kier molecular flexibility index (Phi) is 5.47. The number of nitrogens with one attached hydrogen (secondary N) is 1. The van der Waals surface area contributed by atoms with E-state index in [-0.39, 0.29) is 11.2 Å². The Morgan fingerprint density at radius 2 is 2.10 bits per heavy atom. The van der Waals surface area contributed by atoms with Gasteiger partial charge in [0.25, 0.3) is 0 Å². The molecule has 2 N–H and O–H groups in total. The highest BCUT2D eigenvalue weighted by molar-refractivity contribution is 8.01. The fraction of sp³-hybridized carbons (Fsp3) is 0.467. The number of aliphatic carboxylic acids is 1. The van der Waals surface area contributed by atoms with Crippen molar-refractivity contribution >= 4 is 23.6 Å². The van der Waals surface area contributed by atoms with E-state index in [9.17, 15) is 14.7 Å². The number of benzene rings is 1. The zero-order valence-electron chi connectivity index (χ0n) is 11.2. The van der Waals surface area contributed by atoms with E-state index in [1.165, 1.54) is 11.8 Å². The Morgan fingerprint density at radius 1 is 1.35 bits per heavy atom. The molecule has 2 rings (SSSR count). The summed E-state index contributed by atoms with van der Waals surface area (Å²) in [5.41, 5.74) is 0.987. The maximum Gasteiger partial charge on any atom is 0.316 e. The van der Waals surface area contributed by atoms with Gasteiger partial charge in [-0.15, -0.1) is 11.8 Å². The number of hydrogen-bond donors (Lipinski definition) is 2. The molecule has 0 spiro atoms. The highest BCUT2D eigenvalue weighted by Gasteiger charge is 2.28. The topological polar surface area (TPSA) is 66.4 Å². The van der Waals surface area contributed by atoms with Crippen LogP contribution in [0.4, 0.5) is 0 Å². The van der Waals surface area contributed by atoms with Crippen molar-refractivity contribution in [1.29, 1.82) is 0 Å². The van der Waals surface area contributed by atoms with Crippen LogP contribution in [-0.4, -0.2) is 34.0 Å². The Morgan fingerprint density at radius 3 is 2.80 bits per heavy atom. The lowest BCUT2D eigenvalue weighted by Gasteiger charge is -2.18. The van der Waals surface area contributed by atoms with Crippen LogP contribution in [0.2, 0.25) is 0 Å². The van der Waals surface area contributed by atoms with E-state index < -0.39 is 11.2 Å². The first-order valence-electron chi connectivity index (χ1n) is 6.86. The molecule has 1 aliphatic rings. The number of hydrogen-bond acceptors (Lipinski definition) is 3. The van der Waals surface area contributed by atoms with E-state index in [4.69, 9.17) is 0 Å². The molecular weight excluding hydrogens is 274 g/mol. The van der Waals surface area contributed by atoms with E-state index >= 15 is 0 Å². The third-order valence-corrected chi connectivity index (χ3v) is 4.83. The van der Waals surface area contributed by atoms with E-state index in [1.54, 1.807) is 0 Å². The minimum Gasteiger partial charge on any atom is -0.480 e. The Balaban J connectivity index is 2.01. The van der Waals surface area contributed by atoms with Gasteiger partial charge in [0, 0.05) is 6.54 Å². The van der Waals surface area contributed by atoms with Crippen LogP contribution in [0.1, 0.15) is 24.8 Å². The van der Waals surface area contributed by atoms with Crippen molar-refractivity contribution in [3.05, 3.63) is 35.9 Å². The third-order valence-electron chi connectivity index (χ3n) is 3.35. The van der Waals surface area contributed by atoms with Crippen LogP contribution >= 0.6 is 11.8 Å². The Bertz CT molecular complexity index is 463. The van der Waals surface area contributed by atoms with E-state index in [1.807, 2.05) is 30.3 Å². The minimum absolute atomic E-state index is 0.0215. The number of carboxylic acid groups (broad SMARTS) is 1. The summed E-state index contributed by atoms with van der Waals surface area (Å²) in [6.07, 6.45) is 3.15. The van der Waals surface area contributed by atoms with Gasteiger partial charge in [-0.2, -0.15) is 0 Å². The second kappa shape index (κ2) is 7.33. The number of carbonyl (C=O) groups excluding carboxylic acids is 1. The van der Waals surface area contributed by atoms with Crippen LogP contribution in [0.3, 0.4) is 0 Å². The van der Waals surface area contributed by atoms with Gasteiger partial charge in [0.1, 0.15) is 5.25 Å². The van der Waals surface area contributed by atoms with Crippen molar-refractivity contribution in [2.75, 3.05) is 6.54 Å². The maximum absolute atomic E-state index is 11.9. The Hall–Kier alpha value is -1.49. The normalized spacial score (nSPS) is 20.8. The molecule has 0 aromatic heterocycles. The van der Waals surface area contributed by atoms with Crippen molar-refractivity contribution in [3.8, 4) is 0 Å². The molecule has 1 amide bonds. The summed E-state index contributed by atoms with van der Waals surface area (Å²) >= 11 is 1.28. The van der Waals surface area contributed by atoms with Gasteiger partial charge < -0.3 is 10.4 Å². The fourth-order valence-electron chi connectivity index (χ4n) is 2.26. The molecule has 0 aliphatic carbocycles. The quantitative estimate of drug-likeness (QED) is 0.872. The molecule has 1 fully saturated rings. The standard InChI is InChI=1S/C15H19NO3S/c17-14-12(8-4-5-9-16-14)20-13(15(18)19)10-11-6-2-1-3-7-11/h1-3,6-7,12-13H,4-5,8-10H2,(H,16,17)(H,18,19). The predicted octanol–water partition coefficient (Wildman–Crippen LogP) is 2.08. The molecule has 0 bridgehead atoms. The summed E-state index contributed by atoms with van der Waals surface area (Å²) in [5.74, 6) is -0.872. The summed E-state index contributed by atoms with van der Waals surface area (Å²) in [6.45, 7) is 0.701. The van der Waals surface area contributed by atoms with Crippen molar-refractivity contribution in [3.63, 3.8) is 0 Å². The molecule has 1 heterocycles. The molecule has 1 saturated heterocycles. The monoisotopic (exact) mass is 293 g/mol. The second-order valence-electron chi connectivity index (χ2n) is 4.93. The highest BCUT2D eigenvalue weighted by atomic mass is 32.2. The van der Waals surface area contributed by atoms with Gasteiger partial charge in [0.05, 0.1) is 5.25 Å². The number of amides is 1. The number of carboxylic acids is 1. The molecule has 108 valence electrons. The van der Waals surface area contributed by atoms with E-state index in [2.05, 4.69) is 5.32 Å². The lowest BCUT2D eigenvalue weighted by Crippen LogP contribution is -2.34. The lowest BCUT2D eigenvalue weighted by atomic mass is 10.1. The average molecular weight is 293 g/mol. The summed E-state index contributed by atoms with van der Waals surface area (Å²) in [7, 11) is 0. The molecule has 4 nitrogen and oxygen atoms in total. The molecule has 1 aromatic rings. The predicted molar refractivity (Wildman–Crippen MR) is 79.8 cm³/mol. The molecule has 0 radical (unpaired) electrons. The van der Waals surface area contributed by atoms with Gasteiger partial charge >= 0.3 is 5.97 Å². The van der Waals surface area contributed by atoms with Crippen LogP contribution in [0.25, 0.3) is 0 Å². The Labute approximate surface area is 123 Å². The van der Waals surface area contributed by atoms with Gasteiger partial charge in [0.2, 0.25) is 5.91 Å². The van der Waals surface area contributed by atoms with Crippen molar-refractivity contribution in [2.24, 2.45) is 0 Å². The molecule has 2 atom stereocenters. The fourth-order valence-corrected chi connectivity index (χ4v) is 3.57. The summed E-state index contributed by atoms with van der Waals surface area (Å²) in [5, 5.41) is 11.4. The van der Waals surface area contributed by atoms with Crippen molar-refractivity contribution in [2.45, 2.75) is 36.2 Å². The van der Waals surface area contributed by atoms with Gasteiger partial charge in [-0.1, -0.05) is 36.8 Å². The first-order valence-corrected chi connectivity index (χ1v) is 7.81. The van der Waals surface area contributed by atoms with Crippen molar-refractivity contribution in [1.82, 2.24) is 5.32 Å². The van der Waals surface area contributed by atoms with Gasteiger partial charge in [-0.3, -0.25) is 9.59 Å². The SMILES string of the molecule is O=C(O)C(Cc1ccccc1)SC1CCCCNC1=O. The molecule has 0 saturated carbocycles. The highest BCUT2D eigenvalue weighted by Crippen LogP contribution is 2.27. The second-order valence-corrected chi connectivity index (χ2v) is 6.34. The molecule has 2 unspecified atom stereocenters. The molecule has 5 heteroatoms. The van der Waals surface area contributed by atoms with E-state index in [0.717, 1.165) is 24.8 Å². The zero-order valence-corrected chi connectivity index (χ0v) is 12.1. The number of rotatable bonds is 5. The first-order chi connectivity index (χ1) is 9.66. The smallest absolute Gasteiger partial charge is 0.316 e. The van der Waals surface area contributed by atoms with Crippen molar-refractivity contribution < 1.29 is 14.7 Å². The zero-order chi connectivity index (χ0) is 14.4. The van der Waals surface area contributed by atoms with Crippen LogP contribution in [0.5, 0.6) is 0 Å². The maximum atomic E-state index is 11.9. The third kappa shape index (κ3) is 4.27. The molecule has 20 heavy (non-hydrogen) atoms. The lowest BCUT2D eigenvalue weighted by molar-refractivity contribution is -0.136. The average Bonchev–Trinajstić information content (AvgIpc) is 2.64. The summed E-state index contributed by atoms with van der Waals surface area (Å²) in [6, 6.07) is 9.55. The summed E-state index contributed by atoms with van der Waals surface area (Å²) in [4.78, 5) is 23.3. The summed E-state index contributed by atoms with van der Waals surface area (Å²) < 4.78 is 0.